The Bertz CT molecular complexity index is 876. The topological polar surface area (TPSA) is 124 Å². The third-order valence-corrected chi connectivity index (χ3v) is 5.90. The Morgan fingerprint density at radius 2 is 2.00 bits per heavy atom. The third-order valence-electron chi connectivity index (χ3n) is 5.90. The number of carbonyl (C=O) groups is 3. The number of esters is 1. The lowest BCUT2D eigenvalue weighted by molar-refractivity contribution is -0.144. The highest BCUT2D eigenvalue weighted by Crippen LogP contribution is 2.37. The van der Waals surface area contributed by atoms with Gasteiger partial charge in [0.05, 0.1) is 6.61 Å². The fourth-order valence-electron chi connectivity index (χ4n) is 4.19. The highest BCUT2D eigenvalue weighted by molar-refractivity contribution is 5.88. The molecule has 1 aliphatic heterocycles. The summed E-state index contributed by atoms with van der Waals surface area (Å²) in [6.45, 7) is 8.21. The van der Waals surface area contributed by atoms with Crippen molar-refractivity contribution in [1.82, 2.24) is 10.3 Å². The van der Waals surface area contributed by atoms with E-state index in [1.807, 2.05) is 32.9 Å². The number of aryl methyl sites for hydroxylation is 1. The summed E-state index contributed by atoms with van der Waals surface area (Å²) in [4.78, 5) is 43.0. The molecule has 1 unspecified atom stereocenters. The van der Waals surface area contributed by atoms with E-state index in [0.29, 0.717) is 18.3 Å². The number of anilines is 1. The van der Waals surface area contributed by atoms with Crippen LogP contribution in [0.3, 0.4) is 0 Å². The molecule has 0 aromatic carbocycles. The first-order chi connectivity index (χ1) is 15.6. The number of hydrogen-bond donors (Lipinski definition) is 2. The van der Waals surface area contributed by atoms with Crippen LogP contribution in [0.25, 0.3) is 0 Å². The number of carbonyl (C=O) groups excluding carboxylic acids is 3. The SMILES string of the molecule is CCOC(=O)C(N)CNC(=O)C1CC(Cc2ccc3c(n2)N(C(=O)OC(C)(C)C)CCC3)C1. The fourth-order valence-corrected chi connectivity index (χ4v) is 4.19. The van der Waals surface area contributed by atoms with Crippen LogP contribution in [0.15, 0.2) is 12.1 Å². The predicted octanol–water partition coefficient (Wildman–Crippen LogP) is 2.34. The Labute approximate surface area is 195 Å². The molecular formula is C24H36N4O5. The number of fused-ring (bicyclic) bond motifs is 1. The van der Waals surface area contributed by atoms with E-state index in [9.17, 15) is 14.4 Å². The fraction of sp³-hybridized carbons (Fsp3) is 0.667. The van der Waals surface area contributed by atoms with Gasteiger partial charge < -0.3 is 20.5 Å². The molecule has 1 fully saturated rings. The maximum atomic E-state index is 12.7. The molecule has 3 rings (SSSR count). The molecule has 1 aliphatic carbocycles. The van der Waals surface area contributed by atoms with Crippen molar-refractivity contribution in [1.29, 1.82) is 0 Å². The van der Waals surface area contributed by atoms with Gasteiger partial charge in [-0.1, -0.05) is 6.07 Å². The smallest absolute Gasteiger partial charge is 0.416 e. The predicted molar refractivity (Wildman–Crippen MR) is 124 cm³/mol. The number of hydrogen-bond acceptors (Lipinski definition) is 7. The minimum atomic E-state index is -0.850. The Morgan fingerprint density at radius 1 is 1.27 bits per heavy atom. The first kappa shape index (κ1) is 25.0. The maximum Gasteiger partial charge on any atom is 0.416 e. The van der Waals surface area contributed by atoms with Gasteiger partial charge >= 0.3 is 12.1 Å². The first-order valence-corrected chi connectivity index (χ1v) is 11.8. The van der Waals surface area contributed by atoms with Crippen LogP contribution in [0, 0.1) is 11.8 Å². The van der Waals surface area contributed by atoms with Gasteiger partial charge in [-0.2, -0.15) is 0 Å². The number of nitrogens with two attached hydrogens (primary N) is 1. The van der Waals surface area contributed by atoms with Crippen molar-refractivity contribution >= 4 is 23.8 Å². The van der Waals surface area contributed by atoms with Crippen LogP contribution in [-0.4, -0.2) is 54.3 Å². The van der Waals surface area contributed by atoms with Crippen LogP contribution in [0.2, 0.25) is 0 Å². The van der Waals surface area contributed by atoms with E-state index in [-0.39, 0.29) is 31.1 Å². The molecule has 0 radical (unpaired) electrons. The van der Waals surface area contributed by atoms with Gasteiger partial charge in [-0.15, -0.1) is 0 Å². The van der Waals surface area contributed by atoms with E-state index in [4.69, 9.17) is 20.2 Å². The van der Waals surface area contributed by atoms with E-state index in [0.717, 1.165) is 43.4 Å². The summed E-state index contributed by atoms with van der Waals surface area (Å²) in [6.07, 6.45) is 3.68. The Balaban J connectivity index is 1.52. The van der Waals surface area contributed by atoms with Gasteiger partial charge in [0, 0.05) is 24.7 Å². The summed E-state index contributed by atoms with van der Waals surface area (Å²) in [7, 11) is 0. The Morgan fingerprint density at radius 3 is 2.67 bits per heavy atom. The van der Waals surface area contributed by atoms with Gasteiger partial charge in [-0.25, -0.2) is 9.78 Å². The van der Waals surface area contributed by atoms with Crippen LogP contribution in [0.5, 0.6) is 0 Å². The average molecular weight is 461 g/mol. The van der Waals surface area contributed by atoms with Gasteiger partial charge in [0.15, 0.2) is 0 Å². The number of rotatable bonds is 7. The molecule has 1 aromatic heterocycles. The highest BCUT2D eigenvalue weighted by Gasteiger charge is 2.35. The molecule has 0 spiro atoms. The zero-order valence-electron chi connectivity index (χ0n) is 20.1. The molecule has 2 heterocycles. The van der Waals surface area contributed by atoms with E-state index in [1.165, 1.54) is 0 Å². The molecule has 2 aliphatic rings. The van der Waals surface area contributed by atoms with Crippen molar-refractivity contribution in [3.8, 4) is 0 Å². The minimum absolute atomic E-state index is 0.0751. The zero-order chi connectivity index (χ0) is 24.2. The van der Waals surface area contributed by atoms with E-state index >= 15 is 0 Å². The molecular weight excluding hydrogens is 424 g/mol. The maximum absolute atomic E-state index is 12.7. The molecule has 182 valence electrons. The summed E-state index contributed by atoms with van der Waals surface area (Å²) in [5.74, 6) is 0.363. The summed E-state index contributed by atoms with van der Waals surface area (Å²) in [5.41, 5.74) is 7.14. The average Bonchev–Trinajstić information content (AvgIpc) is 2.72. The van der Waals surface area contributed by atoms with Crippen LogP contribution in [-0.2, 0) is 31.9 Å². The highest BCUT2D eigenvalue weighted by atomic mass is 16.6. The molecule has 3 N–H and O–H groups in total. The van der Waals surface area contributed by atoms with Crippen LogP contribution >= 0.6 is 0 Å². The molecule has 1 atom stereocenters. The molecule has 33 heavy (non-hydrogen) atoms. The number of pyridine rings is 1. The molecule has 0 bridgehead atoms. The number of ether oxygens (including phenoxy) is 2. The normalized spacial score (nSPS) is 20.8. The quantitative estimate of drug-likeness (QED) is 0.599. The number of amides is 2. The van der Waals surface area contributed by atoms with E-state index < -0.39 is 17.6 Å². The van der Waals surface area contributed by atoms with Crippen molar-refractivity contribution in [2.45, 2.75) is 71.4 Å². The third kappa shape index (κ3) is 6.66. The molecule has 9 nitrogen and oxygen atoms in total. The Kier molecular flexibility index (Phi) is 7.94. The van der Waals surface area contributed by atoms with Crippen molar-refractivity contribution in [3.05, 3.63) is 23.4 Å². The summed E-state index contributed by atoms with van der Waals surface area (Å²) in [5, 5.41) is 2.75. The van der Waals surface area contributed by atoms with Crippen molar-refractivity contribution in [3.63, 3.8) is 0 Å². The van der Waals surface area contributed by atoms with Gasteiger partial charge in [-0.05, 0) is 77.3 Å². The monoisotopic (exact) mass is 460 g/mol. The van der Waals surface area contributed by atoms with Crippen LogP contribution in [0.4, 0.5) is 10.6 Å². The molecule has 9 heteroatoms. The largest absolute Gasteiger partial charge is 0.465 e. The van der Waals surface area contributed by atoms with Crippen molar-refractivity contribution in [2.24, 2.45) is 17.6 Å². The standard InChI is InChI=1S/C24H36N4O5/c1-5-32-22(30)19(25)14-26-21(29)17-11-15(12-17)13-18-9-8-16-7-6-10-28(20(16)27-18)23(31)33-24(2,3)4/h8-9,15,17,19H,5-7,10-14,25H2,1-4H3,(H,26,29). The lowest BCUT2D eigenvalue weighted by Gasteiger charge is -2.35. The molecule has 2 amide bonds. The van der Waals surface area contributed by atoms with Gasteiger partial charge in [-0.3, -0.25) is 14.5 Å². The molecule has 0 saturated heterocycles. The van der Waals surface area contributed by atoms with E-state index in [2.05, 4.69) is 5.32 Å². The number of nitrogens with zero attached hydrogens (tertiary/aromatic N) is 2. The van der Waals surface area contributed by atoms with Gasteiger partial charge in [0.1, 0.15) is 17.5 Å². The van der Waals surface area contributed by atoms with Crippen molar-refractivity contribution < 1.29 is 23.9 Å². The second-order valence-electron chi connectivity index (χ2n) is 9.86. The van der Waals surface area contributed by atoms with Gasteiger partial charge in [0.2, 0.25) is 5.91 Å². The minimum Gasteiger partial charge on any atom is -0.465 e. The van der Waals surface area contributed by atoms with Crippen molar-refractivity contribution in [2.75, 3.05) is 24.6 Å². The summed E-state index contributed by atoms with van der Waals surface area (Å²) in [6, 6.07) is 3.22. The first-order valence-electron chi connectivity index (χ1n) is 11.8. The number of nitrogens with one attached hydrogen (secondary N) is 1. The zero-order valence-corrected chi connectivity index (χ0v) is 20.1. The van der Waals surface area contributed by atoms with Crippen LogP contribution < -0.4 is 16.0 Å². The summed E-state index contributed by atoms with van der Waals surface area (Å²) < 4.78 is 10.4. The second-order valence-corrected chi connectivity index (χ2v) is 9.86. The summed E-state index contributed by atoms with van der Waals surface area (Å²) >= 11 is 0. The Hall–Kier alpha value is -2.68. The van der Waals surface area contributed by atoms with Crippen LogP contribution in [0.1, 0.15) is 58.2 Å². The lowest BCUT2D eigenvalue weighted by atomic mass is 9.72. The lowest BCUT2D eigenvalue weighted by Crippen LogP contribution is -2.47. The van der Waals surface area contributed by atoms with Gasteiger partial charge in [0.25, 0.3) is 0 Å². The molecule has 1 saturated carbocycles. The molecule has 1 aromatic rings. The second kappa shape index (κ2) is 10.5. The number of aromatic nitrogens is 1. The van der Waals surface area contributed by atoms with E-state index in [1.54, 1.807) is 11.8 Å².